The molecule has 1 aromatic carbocycles. The van der Waals surface area contributed by atoms with Crippen LogP contribution in [0.4, 0.5) is 17.6 Å². The van der Waals surface area contributed by atoms with Crippen LogP contribution in [-0.4, -0.2) is 0 Å². The number of benzene rings is 1. The molecule has 0 saturated carbocycles. The van der Waals surface area contributed by atoms with Crippen LogP contribution < -0.4 is 5.73 Å². The summed E-state index contributed by atoms with van der Waals surface area (Å²) < 4.78 is 50.3. The van der Waals surface area contributed by atoms with Crippen molar-refractivity contribution in [3.05, 3.63) is 32.6 Å². The molecule has 0 heterocycles. The SMILES string of the molecule is NCc1c(I)ccc(C(F)(F)F)c1F. The minimum atomic E-state index is -4.67. The summed E-state index contributed by atoms with van der Waals surface area (Å²) in [6.07, 6.45) is -4.67. The highest BCUT2D eigenvalue weighted by atomic mass is 127. The molecule has 2 N–H and O–H groups in total. The molecule has 0 radical (unpaired) electrons. The lowest BCUT2D eigenvalue weighted by Gasteiger charge is -2.11. The van der Waals surface area contributed by atoms with Crippen molar-refractivity contribution in [2.45, 2.75) is 12.7 Å². The van der Waals surface area contributed by atoms with Crippen LogP contribution in [0.2, 0.25) is 0 Å². The van der Waals surface area contributed by atoms with Crippen molar-refractivity contribution in [3.8, 4) is 0 Å². The minimum Gasteiger partial charge on any atom is -0.326 e. The van der Waals surface area contributed by atoms with Crippen molar-refractivity contribution in [2.24, 2.45) is 5.73 Å². The van der Waals surface area contributed by atoms with Gasteiger partial charge < -0.3 is 5.73 Å². The number of alkyl halides is 3. The lowest BCUT2D eigenvalue weighted by molar-refractivity contribution is -0.140. The summed E-state index contributed by atoms with van der Waals surface area (Å²) in [7, 11) is 0. The molecule has 1 rings (SSSR count). The van der Waals surface area contributed by atoms with Crippen molar-refractivity contribution in [1.82, 2.24) is 0 Å². The highest BCUT2D eigenvalue weighted by Crippen LogP contribution is 2.33. The van der Waals surface area contributed by atoms with E-state index in [2.05, 4.69) is 0 Å². The van der Waals surface area contributed by atoms with E-state index in [1.165, 1.54) is 6.07 Å². The standard InChI is InChI=1S/C8H6F4IN/c9-7-4(3-14)6(13)2-1-5(7)8(10,11)12/h1-2H,3,14H2. The Morgan fingerprint density at radius 3 is 2.29 bits per heavy atom. The Morgan fingerprint density at radius 2 is 1.86 bits per heavy atom. The van der Waals surface area contributed by atoms with Gasteiger partial charge in [0.25, 0.3) is 0 Å². The van der Waals surface area contributed by atoms with E-state index >= 15 is 0 Å². The first-order valence-electron chi connectivity index (χ1n) is 3.62. The Labute approximate surface area is 91.4 Å². The molecule has 1 aromatic rings. The van der Waals surface area contributed by atoms with E-state index in [9.17, 15) is 17.6 Å². The smallest absolute Gasteiger partial charge is 0.326 e. The summed E-state index contributed by atoms with van der Waals surface area (Å²) in [5.74, 6) is -1.27. The fourth-order valence-electron chi connectivity index (χ4n) is 1.00. The van der Waals surface area contributed by atoms with Crippen LogP contribution in [0.15, 0.2) is 12.1 Å². The monoisotopic (exact) mass is 319 g/mol. The normalized spacial score (nSPS) is 11.9. The van der Waals surface area contributed by atoms with Gasteiger partial charge in [-0.1, -0.05) is 0 Å². The van der Waals surface area contributed by atoms with Crippen LogP contribution in [0.25, 0.3) is 0 Å². The maximum absolute atomic E-state index is 13.2. The van der Waals surface area contributed by atoms with Gasteiger partial charge >= 0.3 is 6.18 Å². The van der Waals surface area contributed by atoms with E-state index in [0.717, 1.165) is 6.07 Å². The zero-order valence-electron chi connectivity index (χ0n) is 6.83. The number of rotatable bonds is 1. The molecule has 0 fully saturated rings. The average molecular weight is 319 g/mol. The zero-order chi connectivity index (χ0) is 10.9. The van der Waals surface area contributed by atoms with E-state index in [4.69, 9.17) is 5.73 Å². The third kappa shape index (κ3) is 2.17. The van der Waals surface area contributed by atoms with Gasteiger partial charge in [-0.15, -0.1) is 0 Å². The Kier molecular flexibility index (Phi) is 3.36. The molecular formula is C8H6F4IN. The number of halogens is 5. The van der Waals surface area contributed by atoms with Crippen LogP contribution >= 0.6 is 22.6 Å². The first-order chi connectivity index (χ1) is 6.38. The molecule has 0 amide bonds. The van der Waals surface area contributed by atoms with Gasteiger partial charge in [0, 0.05) is 15.7 Å². The number of nitrogens with two attached hydrogens (primary N) is 1. The molecule has 0 atom stereocenters. The van der Waals surface area contributed by atoms with Gasteiger partial charge in [-0.2, -0.15) is 13.2 Å². The quantitative estimate of drug-likeness (QED) is 0.625. The summed E-state index contributed by atoms with van der Waals surface area (Å²) in [6.45, 7) is -0.242. The van der Waals surface area contributed by atoms with Crippen LogP contribution in [0.5, 0.6) is 0 Å². The second-order valence-electron chi connectivity index (χ2n) is 2.59. The second-order valence-corrected chi connectivity index (χ2v) is 3.75. The first kappa shape index (κ1) is 11.7. The largest absolute Gasteiger partial charge is 0.419 e. The molecule has 6 heteroatoms. The molecule has 14 heavy (non-hydrogen) atoms. The first-order valence-corrected chi connectivity index (χ1v) is 4.70. The van der Waals surface area contributed by atoms with Gasteiger partial charge in [0.05, 0.1) is 5.56 Å². The van der Waals surface area contributed by atoms with Crippen molar-refractivity contribution >= 4 is 22.6 Å². The van der Waals surface area contributed by atoms with E-state index in [1.54, 1.807) is 22.6 Å². The zero-order valence-corrected chi connectivity index (χ0v) is 8.99. The Morgan fingerprint density at radius 1 is 1.29 bits per heavy atom. The highest BCUT2D eigenvalue weighted by molar-refractivity contribution is 14.1. The Hall–Kier alpha value is -0.370. The molecular weight excluding hydrogens is 313 g/mol. The van der Waals surface area contributed by atoms with Crippen molar-refractivity contribution in [3.63, 3.8) is 0 Å². The van der Waals surface area contributed by atoms with E-state index < -0.39 is 17.6 Å². The summed E-state index contributed by atoms with van der Waals surface area (Å²) in [4.78, 5) is 0. The van der Waals surface area contributed by atoms with Gasteiger partial charge in [-0.05, 0) is 34.7 Å². The van der Waals surface area contributed by atoms with E-state index in [0.29, 0.717) is 3.57 Å². The van der Waals surface area contributed by atoms with Gasteiger partial charge in [-0.25, -0.2) is 4.39 Å². The average Bonchev–Trinajstić information content (AvgIpc) is 2.02. The molecule has 0 aliphatic rings. The predicted octanol–water partition coefficient (Wildman–Crippen LogP) is 2.91. The van der Waals surface area contributed by atoms with Crippen LogP contribution in [0.1, 0.15) is 11.1 Å². The Bertz CT molecular complexity index is 348. The fourth-order valence-corrected chi connectivity index (χ4v) is 1.64. The van der Waals surface area contributed by atoms with E-state index in [1.807, 2.05) is 0 Å². The summed E-state index contributed by atoms with van der Waals surface area (Å²) >= 11 is 1.74. The van der Waals surface area contributed by atoms with Gasteiger partial charge in [0.1, 0.15) is 5.82 Å². The van der Waals surface area contributed by atoms with Crippen LogP contribution in [0.3, 0.4) is 0 Å². The summed E-state index contributed by atoms with van der Waals surface area (Å²) in [5, 5.41) is 0. The van der Waals surface area contributed by atoms with Gasteiger partial charge in [0.2, 0.25) is 0 Å². The molecule has 0 spiro atoms. The predicted molar refractivity (Wildman–Crippen MR) is 52.0 cm³/mol. The summed E-state index contributed by atoms with van der Waals surface area (Å²) in [5.41, 5.74) is 3.79. The van der Waals surface area contributed by atoms with Crippen LogP contribution in [-0.2, 0) is 12.7 Å². The van der Waals surface area contributed by atoms with Crippen molar-refractivity contribution in [1.29, 1.82) is 0 Å². The molecule has 0 unspecified atom stereocenters. The number of hydrogen-bond acceptors (Lipinski definition) is 1. The maximum Gasteiger partial charge on any atom is 0.419 e. The highest BCUT2D eigenvalue weighted by Gasteiger charge is 2.35. The minimum absolute atomic E-state index is 0.0968. The van der Waals surface area contributed by atoms with Gasteiger partial charge in [-0.3, -0.25) is 0 Å². The lowest BCUT2D eigenvalue weighted by atomic mass is 10.1. The third-order valence-electron chi connectivity index (χ3n) is 1.70. The van der Waals surface area contributed by atoms with Crippen molar-refractivity contribution in [2.75, 3.05) is 0 Å². The van der Waals surface area contributed by atoms with Crippen molar-refractivity contribution < 1.29 is 17.6 Å². The van der Waals surface area contributed by atoms with E-state index in [-0.39, 0.29) is 12.1 Å². The molecule has 0 aromatic heterocycles. The molecule has 0 saturated heterocycles. The maximum atomic E-state index is 13.2. The van der Waals surface area contributed by atoms with Gasteiger partial charge in [0.15, 0.2) is 0 Å². The fraction of sp³-hybridized carbons (Fsp3) is 0.250. The number of hydrogen-bond donors (Lipinski definition) is 1. The molecule has 0 aliphatic heterocycles. The third-order valence-corrected chi connectivity index (χ3v) is 2.71. The molecule has 0 bridgehead atoms. The lowest BCUT2D eigenvalue weighted by Crippen LogP contribution is -2.12. The van der Waals surface area contributed by atoms with Crippen LogP contribution in [0, 0.1) is 9.39 Å². The Balaban J connectivity index is 3.36. The summed E-state index contributed by atoms with van der Waals surface area (Å²) in [6, 6.07) is 1.92. The molecule has 1 nitrogen and oxygen atoms in total. The second kappa shape index (κ2) is 4.01. The molecule has 0 aliphatic carbocycles. The molecule has 78 valence electrons. The topological polar surface area (TPSA) is 26.0 Å².